The summed E-state index contributed by atoms with van der Waals surface area (Å²) >= 11 is 0. The average molecular weight is 327 g/mol. The van der Waals surface area contributed by atoms with Crippen LogP contribution in [-0.2, 0) is 4.79 Å². The fourth-order valence-corrected chi connectivity index (χ4v) is 2.64. The molecule has 0 radical (unpaired) electrons. The van der Waals surface area contributed by atoms with Crippen molar-refractivity contribution in [2.24, 2.45) is 0 Å². The summed E-state index contributed by atoms with van der Waals surface area (Å²) in [7, 11) is 0. The van der Waals surface area contributed by atoms with E-state index in [2.05, 4.69) is 37.5 Å². The monoisotopic (exact) mass is 326 g/mol. The van der Waals surface area contributed by atoms with E-state index in [0.29, 0.717) is 12.0 Å². The highest BCUT2D eigenvalue weighted by Gasteiger charge is 2.19. The number of amides is 1. The molecule has 0 aliphatic carbocycles. The van der Waals surface area contributed by atoms with Gasteiger partial charge in [0.25, 0.3) is 5.91 Å². The fraction of sp³-hybridized carbons (Fsp3) is 0.588. The van der Waals surface area contributed by atoms with Crippen molar-refractivity contribution in [2.75, 3.05) is 13.2 Å². The maximum absolute atomic E-state index is 12.0. The highest BCUT2D eigenvalue weighted by atomic mass is 35.5. The van der Waals surface area contributed by atoms with Crippen LogP contribution in [0, 0.1) is 0 Å². The second-order valence-electron chi connectivity index (χ2n) is 6.16. The Labute approximate surface area is 139 Å². The Bertz CT molecular complexity index is 479. The van der Waals surface area contributed by atoms with E-state index in [4.69, 9.17) is 4.74 Å². The molecule has 0 saturated carbocycles. The molecule has 0 spiro atoms. The van der Waals surface area contributed by atoms with Crippen molar-refractivity contribution in [1.29, 1.82) is 0 Å². The Hall–Kier alpha value is -1.26. The number of rotatable bonds is 5. The number of hydrogen-bond donors (Lipinski definition) is 2. The van der Waals surface area contributed by atoms with Crippen molar-refractivity contribution < 1.29 is 9.53 Å². The quantitative estimate of drug-likeness (QED) is 0.874. The normalized spacial score (nSPS) is 21.1. The summed E-state index contributed by atoms with van der Waals surface area (Å²) in [4.78, 5) is 12.0. The van der Waals surface area contributed by atoms with Gasteiger partial charge in [0.05, 0.1) is 0 Å². The lowest BCUT2D eigenvalue weighted by atomic mass is 10.0. The third kappa shape index (κ3) is 5.85. The Morgan fingerprint density at radius 1 is 1.45 bits per heavy atom. The Morgan fingerprint density at radius 3 is 2.91 bits per heavy atom. The lowest BCUT2D eigenvalue weighted by molar-refractivity contribution is -0.124. The molecule has 1 amide bonds. The van der Waals surface area contributed by atoms with Crippen LogP contribution in [0.3, 0.4) is 0 Å². The minimum atomic E-state index is -0.0379. The first-order chi connectivity index (χ1) is 10.0. The van der Waals surface area contributed by atoms with E-state index < -0.39 is 0 Å². The average Bonchev–Trinajstić information content (AvgIpc) is 2.45. The van der Waals surface area contributed by atoms with Crippen molar-refractivity contribution in [3.8, 4) is 5.75 Å². The first-order valence-corrected chi connectivity index (χ1v) is 7.80. The van der Waals surface area contributed by atoms with Gasteiger partial charge >= 0.3 is 0 Å². The van der Waals surface area contributed by atoms with Crippen molar-refractivity contribution in [1.82, 2.24) is 10.6 Å². The minimum Gasteiger partial charge on any atom is -0.484 e. The molecule has 22 heavy (non-hydrogen) atoms. The van der Waals surface area contributed by atoms with E-state index in [1.165, 1.54) is 5.56 Å². The highest BCUT2D eigenvalue weighted by molar-refractivity contribution is 5.85. The zero-order chi connectivity index (χ0) is 15.2. The third-order valence-corrected chi connectivity index (χ3v) is 3.88. The molecule has 4 nitrogen and oxygen atoms in total. The van der Waals surface area contributed by atoms with Crippen molar-refractivity contribution in [3.05, 3.63) is 29.8 Å². The molecule has 2 N–H and O–H groups in total. The molecule has 0 aromatic heterocycles. The van der Waals surface area contributed by atoms with Crippen LogP contribution < -0.4 is 15.4 Å². The van der Waals surface area contributed by atoms with Crippen LogP contribution in [0.1, 0.15) is 45.1 Å². The molecule has 1 aromatic carbocycles. The zero-order valence-corrected chi connectivity index (χ0v) is 14.4. The van der Waals surface area contributed by atoms with Gasteiger partial charge in [-0.05, 0) is 49.9 Å². The molecule has 1 fully saturated rings. The van der Waals surface area contributed by atoms with Crippen LogP contribution in [0.2, 0.25) is 0 Å². The summed E-state index contributed by atoms with van der Waals surface area (Å²) in [6.45, 7) is 7.48. The van der Waals surface area contributed by atoms with E-state index >= 15 is 0 Å². The van der Waals surface area contributed by atoms with Crippen LogP contribution in [0.4, 0.5) is 0 Å². The summed E-state index contributed by atoms with van der Waals surface area (Å²) in [6, 6.07) is 8.67. The Morgan fingerprint density at radius 2 is 2.23 bits per heavy atom. The molecule has 1 heterocycles. The van der Waals surface area contributed by atoms with Gasteiger partial charge in [-0.25, -0.2) is 0 Å². The van der Waals surface area contributed by atoms with Gasteiger partial charge < -0.3 is 15.4 Å². The van der Waals surface area contributed by atoms with Gasteiger partial charge in [-0.1, -0.05) is 26.0 Å². The van der Waals surface area contributed by atoms with Gasteiger partial charge in [-0.2, -0.15) is 0 Å². The molecule has 1 saturated heterocycles. The van der Waals surface area contributed by atoms with Crippen LogP contribution >= 0.6 is 12.4 Å². The van der Waals surface area contributed by atoms with E-state index in [9.17, 15) is 4.79 Å². The first kappa shape index (κ1) is 18.8. The van der Waals surface area contributed by atoms with Gasteiger partial charge in [0.2, 0.25) is 0 Å². The Kier molecular flexibility index (Phi) is 7.69. The van der Waals surface area contributed by atoms with Gasteiger partial charge in [0.1, 0.15) is 5.75 Å². The first-order valence-electron chi connectivity index (χ1n) is 7.80. The summed E-state index contributed by atoms with van der Waals surface area (Å²) < 4.78 is 5.60. The van der Waals surface area contributed by atoms with Gasteiger partial charge in [0.15, 0.2) is 6.61 Å². The van der Waals surface area contributed by atoms with Crippen LogP contribution in [0.5, 0.6) is 5.75 Å². The molecule has 1 aromatic rings. The smallest absolute Gasteiger partial charge is 0.258 e. The number of carbonyl (C=O) groups is 1. The standard InChI is InChI=1S/C17H26N2O2.ClH/c1-12(2)14-5-4-6-16(10-14)21-11-17(20)19-15-7-8-18-13(3)9-15;/h4-6,10,12-13,15,18H,7-9,11H2,1-3H3,(H,19,20);1H. The van der Waals surface area contributed by atoms with Crippen LogP contribution in [0.15, 0.2) is 24.3 Å². The summed E-state index contributed by atoms with van der Waals surface area (Å²) in [5.74, 6) is 1.18. The molecule has 2 rings (SSSR count). The summed E-state index contributed by atoms with van der Waals surface area (Å²) in [6.07, 6.45) is 1.97. The second kappa shape index (κ2) is 9.01. The summed E-state index contributed by atoms with van der Waals surface area (Å²) in [5, 5.41) is 6.43. The molecular weight excluding hydrogens is 300 g/mol. The highest BCUT2D eigenvalue weighted by Crippen LogP contribution is 2.20. The topological polar surface area (TPSA) is 50.4 Å². The van der Waals surface area contributed by atoms with E-state index in [0.717, 1.165) is 25.1 Å². The zero-order valence-electron chi connectivity index (χ0n) is 13.6. The molecule has 2 unspecified atom stereocenters. The SMILES string of the molecule is CC1CC(NC(=O)COc2cccc(C(C)C)c2)CCN1.Cl. The Balaban J connectivity index is 0.00000242. The predicted molar refractivity (Wildman–Crippen MR) is 91.9 cm³/mol. The van der Waals surface area contributed by atoms with Gasteiger partial charge in [0, 0.05) is 12.1 Å². The second-order valence-corrected chi connectivity index (χ2v) is 6.16. The largest absolute Gasteiger partial charge is 0.484 e. The number of carbonyl (C=O) groups excluding carboxylic acids is 1. The molecule has 5 heteroatoms. The number of hydrogen-bond acceptors (Lipinski definition) is 3. The number of piperidine rings is 1. The number of benzene rings is 1. The van der Waals surface area contributed by atoms with E-state index in [-0.39, 0.29) is 31.0 Å². The maximum atomic E-state index is 12.0. The van der Waals surface area contributed by atoms with Gasteiger partial charge in [-0.3, -0.25) is 4.79 Å². The third-order valence-electron chi connectivity index (χ3n) is 3.88. The van der Waals surface area contributed by atoms with Crippen molar-refractivity contribution in [3.63, 3.8) is 0 Å². The minimum absolute atomic E-state index is 0. The van der Waals surface area contributed by atoms with Crippen LogP contribution in [-0.4, -0.2) is 31.1 Å². The lowest BCUT2D eigenvalue weighted by Gasteiger charge is -2.28. The number of nitrogens with one attached hydrogen (secondary N) is 2. The molecular formula is C17H27ClN2O2. The fourth-order valence-electron chi connectivity index (χ4n) is 2.64. The molecule has 1 aliphatic heterocycles. The van der Waals surface area contributed by atoms with Gasteiger partial charge in [-0.15, -0.1) is 12.4 Å². The molecule has 124 valence electrons. The van der Waals surface area contributed by atoms with Crippen LogP contribution in [0.25, 0.3) is 0 Å². The maximum Gasteiger partial charge on any atom is 0.258 e. The lowest BCUT2D eigenvalue weighted by Crippen LogP contribution is -2.47. The molecule has 0 bridgehead atoms. The molecule has 2 atom stereocenters. The van der Waals surface area contributed by atoms with E-state index in [1.54, 1.807) is 0 Å². The number of ether oxygens (including phenoxy) is 1. The van der Waals surface area contributed by atoms with E-state index in [1.807, 2.05) is 18.2 Å². The summed E-state index contributed by atoms with van der Waals surface area (Å²) in [5.41, 5.74) is 1.22. The number of halogens is 1. The van der Waals surface area contributed by atoms with Crippen molar-refractivity contribution >= 4 is 18.3 Å². The van der Waals surface area contributed by atoms with Crippen molar-refractivity contribution in [2.45, 2.75) is 51.6 Å². The molecule has 1 aliphatic rings. The predicted octanol–water partition coefficient (Wildman–Crippen LogP) is 2.87.